The molecule has 3 rings (SSSR count). The molecule has 2 aromatic carbocycles. The zero-order valence-corrected chi connectivity index (χ0v) is 14.2. The number of ether oxygens (including phenoxy) is 2. The van der Waals surface area contributed by atoms with Crippen LogP contribution in [0.5, 0.6) is 11.5 Å². The van der Waals surface area contributed by atoms with E-state index in [1.54, 1.807) is 26.4 Å². The first-order chi connectivity index (χ1) is 12.1. The molecule has 0 saturated carbocycles. The second kappa shape index (κ2) is 7.25. The third-order valence-corrected chi connectivity index (χ3v) is 4.13. The van der Waals surface area contributed by atoms with Crippen LogP contribution in [0.25, 0.3) is 0 Å². The Balaban J connectivity index is 1.62. The lowest BCUT2D eigenvalue weighted by atomic mass is 10.1. The van der Waals surface area contributed by atoms with Crippen molar-refractivity contribution in [1.82, 2.24) is 5.32 Å². The van der Waals surface area contributed by atoms with Gasteiger partial charge in [-0.15, -0.1) is 0 Å². The molecule has 0 bridgehead atoms. The second-order valence-corrected chi connectivity index (χ2v) is 5.82. The number of nitrogens with one attached hydrogen (secondary N) is 2. The summed E-state index contributed by atoms with van der Waals surface area (Å²) in [6.45, 7) is 0.542. The Morgan fingerprint density at radius 3 is 2.52 bits per heavy atom. The lowest BCUT2D eigenvalue weighted by Gasteiger charge is -2.09. The van der Waals surface area contributed by atoms with Gasteiger partial charge in [0.2, 0.25) is 5.91 Å². The second-order valence-electron chi connectivity index (χ2n) is 5.82. The van der Waals surface area contributed by atoms with Crippen LogP contribution in [0.4, 0.5) is 5.69 Å². The van der Waals surface area contributed by atoms with Gasteiger partial charge in [0.1, 0.15) is 11.5 Å². The van der Waals surface area contributed by atoms with Crippen LogP contribution in [-0.4, -0.2) is 26.0 Å². The van der Waals surface area contributed by atoms with Crippen LogP contribution in [0.1, 0.15) is 27.9 Å². The molecule has 2 aromatic rings. The molecule has 6 heteroatoms. The number of methoxy groups -OCH3 is 2. The van der Waals surface area contributed by atoms with Crippen molar-refractivity contribution >= 4 is 17.5 Å². The Labute approximate surface area is 146 Å². The minimum Gasteiger partial charge on any atom is -0.497 e. The molecule has 130 valence electrons. The van der Waals surface area contributed by atoms with Crippen LogP contribution in [0.2, 0.25) is 0 Å². The van der Waals surface area contributed by atoms with Gasteiger partial charge < -0.3 is 20.1 Å². The van der Waals surface area contributed by atoms with Gasteiger partial charge in [-0.3, -0.25) is 9.59 Å². The van der Waals surface area contributed by atoms with Crippen LogP contribution in [-0.2, 0) is 17.8 Å². The number of hydrogen-bond donors (Lipinski definition) is 2. The Morgan fingerprint density at radius 2 is 1.84 bits per heavy atom. The highest BCUT2D eigenvalue weighted by atomic mass is 16.5. The van der Waals surface area contributed by atoms with E-state index in [1.807, 2.05) is 24.3 Å². The summed E-state index contributed by atoms with van der Waals surface area (Å²) in [6.07, 6.45) is 0.879. The Bertz CT molecular complexity index is 795. The summed E-state index contributed by atoms with van der Waals surface area (Å²) in [5, 5.41) is 5.60. The normalized spacial score (nSPS) is 12.3. The van der Waals surface area contributed by atoms with Crippen LogP contribution in [0, 0.1) is 0 Å². The fraction of sp³-hybridized carbons (Fsp3) is 0.263. The van der Waals surface area contributed by atoms with Crippen molar-refractivity contribution in [2.45, 2.75) is 19.4 Å². The largest absolute Gasteiger partial charge is 0.497 e. The molecule has 6 nitrogen and oxygen atoms in total. The molecule has 0 atom stereocenters. The number of amides is 2. The minimum absolute atomic E-state index is 0.102. The molecule has 0 radical (unpaired) electrons. The maximum Gasteiger partial charge on any atom is 0.251 e. The first-order valence-electron chi connectivity index (χ1n) is 8.02. The molecule has 0 aromatic heterocycles. The van der Waals surface area contributed by atoms with Gasteiger partial charge in [-0.05, 0) is 41.8 Å². The van der Waals surface area contributed by atoms with Gasteiger partial charge in [-0.1, -0.05) is 6.07 Å². The molecule has 0 unspecified atom stereocenters. The van der Waals surface area contributed by atoms with Crippen molar-refractivity contribution in [2.24, 2.45) is 0 Å². The topological polar surface area (TPSA) is 76.7 Å². The summed E-state index contributed by atoms with van der Waals surface area (Å²) < 4.78 is 10.5. The van der Waals surface area contributed by atoms with E-state index >= 15 is 0 Å². The van der Waals surface area contributed by atoms with Crippen molar-refractivity contribution < 1.29 is 19.1 Å². The number of aryl methyl sites for hydroxylation is 1. The van der Waals surface area contributed by atoms with E-state index < -0.39 is 0 Å². The fourth-order valence-corrected chi connectivity index (χ4v) is 2.78. The van der Waals surface area contributed by atoms with Gasteiger partial charge in [-0.25, -0.2) is 0 Å². The highest BCUT2D eigenvalue weighted by molar-refractivity contribution is 6.00. The van der Waals surface area contributed by atoms with Crippen LogP contribution < -0.4 is 20.1 Å². The summed E-state index contributed by atoms with van der Waals surface area (Å²) in [7, 11) is 3.19. The molecule has 2 N–H and O–H groups in total. The smallest absolute Gasteiger partial charge is 0.251 e. The average Bonchev–Trinajstić information content (AvgIpc) is 3.00. The zero-order chi connectivity index (χ0) is 17.8. The van der Waals surface area contributed by atoms with Crippen molar-refractivity contribution in [3.63, 3.8) is 0 Å². The summed E-state index contributed by atoms with van der Waals surface area (Å²) in [6, 6.07) is 10.9. The average molecular weight is 340 g/mol. The predicted molar refractivity (Wildman–Crippen MR) is 94.1 cm³/mol. The van der Waals surface area contributed by atoms with Crippen molar-refractivity contribution in [2.75, 3.05) is 19.5 Å². The lowest BCUT2D eigenvalue weighted by molar-refractivity contribution is -0.116. The first kappa shape index (κ1) is 16.8. The van der Waals surface area contributed by atoms with E-state index in [1.165, 1.54) is 0 Å². The quantitative estimate of drug-likeness (QED) is 0.847. The van der Waals surface area contributed by atoms with Crippen molar-refractivity contribution in [3.8, 4) is 11.5 Å². The SMILES string of the molecule is COc1cc(CCC(=O)Nc2ccc3c(c2)C(=O)NC3)cc(OC)c1. The standard InChI is InChI=1S/C19H20N2O4/c1-24-15-7-12(8-16(10-15)25-2)3-6-18(22)21-14-5-4-13-11-20-19(23)17(13)9-14/h4-5,7-10H,3,6,11H2,1-2H3,(H,20,23)(H,21,22). The molecular formula is C19H20N2O4. The van der Waals surface area contributed by atoms with Gasteiger partial charge in [0.25, 0.3) is 5.91 Å². The molecule has 1 aliphatic rings. The highest BCUT2D eigenvalue weighted by Gasteiger charge is 2.19. The molecule has 0 aliphatic carbocycles. The molecule has 25 heavy (non-hydrogen) atoms. The van der Waals surface area contributed by atoms with E-state index in [0.29, 0.717) is 42.1 Å². The number of fused-ring (bicyclic) bond motifs is 1. The summed E-state index contributed by atoms with van der Waals surface area (Å²) in [4.78, 5) is 23.9. The zero-order valence-electron chi connectivity index (χ0n) is 14.2. The Kier molecular flexibility index (Phi) is 4.88. The number of benzene rings is 2. The van der Waals surface area contributed by atoms with E-state index in [2.05, 4.69) is 10.6 Å². The third-order valence-electron chi connectivity index (χ3n) is 4.13. The van der Waals surface area contributed by atoms with E-state index in [-0.39, 0.29) is 11.8 Å². The van der Waals surface area contributed by atoms with Gasteiger partial charge in [0, 0.05) is 30.3 Å². The number of carbonyl (C=O) groups is 2. The molecular weight excluding hydrogens is 320 g/mol. The summed E-state index contributed by atoms with van der Waals surface area (Å²) in [5.41, 5.74) is 3.16. The molecule has 2 amide bonds. The Hall–Kier alpha value is -3.02. The number of anilines is 1. The van der Waals surface area contributed by atoms with E-state index in [0.717, 1.165) is 11.1 Å². The molecule has 0 fully saturated rings. The molecule has 0 saturated heterocycles. The highest BCUT2D eigenvalue weighted by Crippen LogP contribution is 2.24. The Morgan fingerprint density at radius 1 is 1.12 bits per heavy atom. The predicted octanol–water partition coefficient (Wildman–Crippen LogP) is 2.52. The van der Waals surface area contributed by atoms with E-state index in [9.17, 15) is 9.59 Å². The number of rotatable bonds is 6. The molecule has 1 heterocycles. The maximum atomic E-state index is 12.2. The number of hydrogen-bond acceptors (Lipinski definition) is 4. The summed E-state index contributed by atoms with van der Waals surface area (Å²) >= 11 is 0. The number of carbonyl (C=O) groups excluding carboxylic acids is 2. The summed E-state index contributed by atoms with van der Waals surface area (Å²) in [5.74, 6) is 1.17. The lowest BCUT2D eigenvalue weighted by Crippen LogP contribution is -2.14. The fourth-order valence-electron chi connectivity index (χ4n) is 2.78. The van der Waals surface area contributed by atoms with E-state index in [4.69, 9.17) is 9.47 Å². The first-order valence-corrected chi connectivity index (χ1v) is 8.02. The van der Waals surface area contributed by atoms with Gasteiger partial charge in [0.15, 0.2) is 0 Å². The molecule has 1 aliphatic heterocycles. The van der Waals surface area contributed by atoms with Crippen LogP contribution >= 0.6 is 0 Å². The van der Waals surface area contributed by atoms with Crippen LogP contribution in [0.3, 0.4) is 0 Å². The van der Waals surface area contributed by atoms with Crippen molar-refractivity contribution in [1.29, 1.82) is 0 Å². The van der Waals surface area contributed by atoms with Gasteiger partial charge in [-0.2, -0.15) is 0 Å². The maximum absolute atomic E-state index is 12.2. The minimum atomic E-state index is -0.111. The van der Waals surface area contributed by atoms with Gasteiger partial charge in [0.05, 0.1) is 14.2 Å². The van der Waals surface area contributed by atoms with Crippen molar-refractivity contribution in [3.05, 3.63) is 53.1 Å². The third kappa shape index (κ3) is 3.91. The monoisotopic (exact) mass is 340 g/mol. The van der Waals surface area contributed by atoms with Gasteiger partial charge >= 0.3 is 0 Å². The molecule has 0 spiro atoms. The van der Waals surface area contributed by atoms with Crippen LogP contribution in [0.15, 0.2) is 36.4 Å².